The largest absolute Gasteiger partial charge is 0.254 e. The van der Waals surface area contributed by atoms with Crippen molar-refractivity contribution in [1.29, 1.82) is 0 Å². The van der Waals surface area contributed by atoms with Crippen LogP contribution < -0.4 is 0 Å². The zero-order valence-electron chi connectivity index (χ0n) is 6.20. The average molecular weight is 240 g/mol. The van der Waals surface area contributed by atoms with E-state index in [1.54, 1.807) is 11.3 Å². The highest BCUT2D eigenvalue weighted by atomic mass is 79.9. The number of aromatic nitrogens is 1. The summed E-state index contributed by atoms with van der Waals surface area (Å²) in [5.41, 5.74) is 1.04. The topological polar surface area (TPSA) is 12.9 Å². The van der Waals surface area contributed by atoms with Crippen molar-refractivity contribution in [2.45, 2.75) is 0 Å². The third-order valence-corrected chi connectivity index (χ3v) is 2.86. The Morgan fingerprint density at radius 1 is 1.25 bits per heavy atom. The summed E-state index contributed by atoms with van der Waals surface area (Å²) in [4.78, 5) is 5.49. The Balaban J connectivity index is 2.43. The highest BCUT2D eigenvalue weighted by Gasteiger charge is 1.97. The fraction of sp³-hybridized carbons (Fsp3) is 0. The second-order valence-corrected chi connectivity index (χ2v) is 4.20. The molecule has 3 heteroatoms. The molecule has 0 atom stereocenters. The maximum absolute atomic E-state index is 4.28. The maximum Gasteiger partial charge on any atom is 0.0802 e. The lowest BCUT2D eigenvalue weighted by Gasteiger charge is -1.94. The number of halogens is 1. The first-order valence-electron chi connectivity index (χ1n) is 3.52. The summed E-state index contributed by atoms with van der Waals surface area (Å²) >= 11 is 5.05. The average Bonchev–Trinajstić information content (AvgIpc) is 2.58. The Hall–Kier alpha value is -0.670. The van der Waals surface area contributed by atoms with Gasteiger partial charge in [-0.25, -0.2) is 0 Å². The molecule has 0 amide bonds. The summed E-state index contributed by atoms with van der Waals surface area (Å²) in [6.45, 7) is 0. The van der Waals surface area contributed by atoms with Crippen LogP contribution in [-0.4, -0.2) is 4.98 Å². The fourth-order valence-corrected chi connectivity index (χ4v) is 1.88. The first kappa shape index (κ1) is 7.95. The van der Waals surface area contributed by atoms with E-state index in [1.807, 2.05) is 24.4 Å². The summed E-state index contributed by atoms with van der Waals surface area (Å²) in [5.74, 6) is 0. The van der Waals surface area contributed by atoms with Crippen LogP contribution in [0.3, 0.4) is 0 Å². The normalized spacial score (nSPS) is 10.1. The standard InChI is InChI=1S/C9H6BrNS/c10-7-3-4-8(11-6-7)9-2-1-5-12-9/h1-6H. The van der Waals surface area contributed by atoms with Crippen LogP contribution >= 0.6 is 27.3 Å². The summed E-state index contributed by atoms with van der Waals surface area (Å²) in [6.07, 6.45) is 1.81. The lowest BCUT2D eigenvalue weighted by Crippen LogP contribution is -1.77. The molecular weight excluding hydrogens is 234 g/mol. The molecule has 2 heterocycles. The van der Waals surface area contributed by atoms with Crippen LogP contribution in [0.1, 0.15) is 0 Å². The van der Waals surface area contributed by atoms with E-state index in [1.165, 1.54) is 4.88 Å². The van der Waals surface area contributed by atoms with Gasteiger partial charge in [0.25, 0.3) is 0 Å². The van der Waals surface area contributed by atoms with Crippen molar-refractivity contribution in [2.24, 2.45) is 0 Å². The molecule has 0 radical (unpaired) electrons. The molecule has 0 aliphatic heterocycles. The van der Waals surface area contributed by atoms with Crippen molar-refractivity contribution in [1.82, 2.24) is 4.98 Å². The second kappa shape index (κ2) is 3.37. The van der Waals surface area contributed by atoms with Crippen LogP contribution in [0.2, 0.25) is 0 Å². The zero-order valence-corrected chi connectivity index (χ0v) is 8.60. The molecule has 12 heavy (non-hydrogen) atoms. The molecule has 0 unspecified atom stereocenters. The Morgan fingerprint density at radius 2 is 2.17 bits per heavy atom. The molecular formula is C9H6BrNS. The van der Waals surface area contributed by atoms with Crippen molar-refractivity contribution < 1.29 is 0 Å². The predicted octanol–water partition coefficient (Wildman–Crippen LogP) is 3.57. The van der Waals surface area contributed by atoms with Crippen molar-refractivity contribution in [3.63, 3.8) is 0 Å². The van der Waals surface area contributed by atoms with Crippen molar-refractivity contribution >= 4 is 27.3 Å². The third kappa shape index (κ3) is 1.57. The van der Waals surface area contributed by atoms with Gasteiger partial charge in [-0.05, 0) is 39.5 Å². The minimum Gasteiger partial charge on any atom is -0.254 e. The van der Waals surface area contributed by atoms with E-state index in [2.05, 4.69) is 32.4 Å². The smallest absolute Gasteiger partial charge is 0.0802 e. The summed E-state index contributed by atoms with van der Waals surface area (Å²) < 4.78 is 1.02. The third-order valence-electron chi connectivity index (χ3n) is 1.50. The number of hydrogen-bond acceptors (Lipinski definition) is 2. The quantitative estimate of drug-likeness (QED) is 0.742. The molecule has 0 aromatic carbocycles. The van der Waals surface area contributed by atoms with Gasteiger partial charge < -0.3 is 0 Å². The van der Waals surface area contributed by atoms with Crippen LogP contribution in [0.4, 0.5) is 0 Å². The van der Waals surface area contributed by atoms with Crippen molar-refractivity contribution in [2.75, 3.05) is 0 Å². The van der Waals surface area contributed by atoms with Crippen LogP contribution in [0.15, 0.2) is 40.3 Å². The monoisotopic (exact) mass is 239 g/mol. The highest BCUT2D eigenvalue weighted by Crippen LogP contribution is 2.23. The number of pyridine rings is 1. The van der Waals surface area contributed by atoms with Crippen LogP contribution in [-0.2, 0) is 0 Å². The first-order chi connectivity index (χ1) is 5.86. The fourth-order valence-electron chi connectivity index (χ4n) is 0.946. The van der Waals surface area contributed by atoms with Gasteiger partial charge >= 0.3 is 0 Å². The summed E-state index contributed by atoms with van der Waals surface area (Å²) in [6, 6.07) is 8.11. The molecule has 0 saturated carbocycles. The van der Waals surface area contributed by atoms with E-state index < -0.39 is 0 Å². The predicted molar refractivity (Wildman–Crippen MR) is 55.3 cm³/mol. The van der Waals surface area contributed by atoms with Crippen molar-refractivity contribution in [3.8, 4) is 10.6 Å². The SMILES string of the molecule is Brc1ccc(-c2cccs2)nc1. The minimum atomic E-state index is 1.02. The molecule has 2 rings (SSSR count). The molecule has 1 nitrogen and oxygen atoms in total. The molecule has 2 aromatic heterocycles. The Kier molecular flexibility index (Phi) is 2.23. The van der Waals surface area contributed by atoms with Gasteiger partial charge in [-0.2, -0.15) is 0 Å². The van der Waals surface area contributed by atoms with Crippen LogP contribution in [0.25, 0.3) is 10.6 Å². The van der Waals surface area contributed by atoms with Gasteiger partial charge in [0.15, 0.2) is 0 Å². The van der Waals surface area contributed by atoms with E-state index in [0.717, 1.165) is 10.2 Å². The number of nitrogens with zero attached hydrogens (tertiary/aromatic N) is 1. The van der Waals surface area contributed by atoms with Crippen molar-refractivity contribution in [3.05, 3.63) is 40.3 Å². The van der Waals surface area contributed by atoms with Gasteiger partial charge in [-0.1, -0.05) is 6.07 Å². The van der Waals surface area contributed by atoms with E-state index in [0.29, 0.717) is 0 Å². The molecule has 0 bridgehead atoms. The molecule has 60 valence electrons. The maximum atomic E-state index is 4.28. The van der Waals surface area contributed by atoms with Gasteiger partial charge in [0.05, 0.1) is 10.6 Å². The van der Waals surface area contributed by atoms with Gasteiger partial charge in [0.1, 0.15) is 0 Å². The van der Waals surface area contributed by atoms with Gasteiger partial charge in [-0.3, -0.25) is 4.98 Å². The lowest BCUT2D eigenvalue weighted by atomic mass is 10.3. The lowest BCUT2D eigenvalue weighted by molar-refractivity contribution is 1.32. The molecule has 2 aromatic rings. The number of thiophene rings is 1. The highest BCUT2D eigenvalue weighted by molar-refractivity contribution is 9.10. The zero-order chi connectivity index (χ0) is 8.39. The van der Waals surface area contributed by atoms with Gasteiger partial charge in [-0.15, -0.1) is 11.3 Å². The minimum absolute atomic E-state index is 1.02. The molecule has 0 spiro atoms. The summed E-state index contributed by atoms with van der Waals surface area (Å²) in [7, 11) is 0. The van der Waals surface area contributed by atoms with Crippen LogP contribution in [0.5, 0.6) is 0 Å². The molecule has 0 fully saturated rings. The van der Waals surface area contributed by atoms with E-state index >= 15 is 0 Å². The van der Waals surface area contributed by atoms with Crippen LogP contribution in [0, 0.1) is 0 Å². The Bertz CT molecular complexity index is 353. The van der Waals surface area contributed by atoms with E-state index in [9.17, 15) is 0 Å². The molecule has 0 aliphatic carbocycles. The first-order valence-corrected chi connectivity index (χ1v) is 5.19. The Labute approximate surface area is 83.2 Å². The van der Waals surface area contributed by atoms with Gasteiger partial charge in [0.2, 0.25) is 0 Å². The number of rotatable bonds is 1. The van der Waals surface area contributed by atoms with Gasteiger partial charge in [0, 0.05) is 10.7 Å². The molecule has 0 N–H and O–H groups in total. The second-order valence-electron chi connectivity index (χ2n) is 2.34. The Morgan fingerprint density at radius 3 is 2.75 bits per heavy atom. The molecule has 0 saturated heterocycles. The van der Waals surface area contributed by atoms with E-state index in [-0.39, 0.29) is 0 Å². The molecule has 0 aliphatic rings. The van der Waals surface area contributed by atoms with E-state index in [4.69, 9.17) is 0 Å². The summed E-state index contributed by atoms with van der Waals surface area (Å²) in [5, 5.41) is 2.05. The number of hydrogen-bond donors (Lipinski definition) is 0.